The van der Waals surface area contributed by atoms with Crippen LogP contribution in [0.15, 0.2) is 30.5 Å². The van der Waals surface area contributed by atoms with Gasteiger partial charge in [0.15, 0.2) is 24.1 Å². The highest BCUT2D eigenvalue weighted by atomic mass is 16.5. The van der Waals surface area contributed by atoms with E-state index in [2.05, 4.69) is 9.97 Å². The number of likely N-dealkylation sites (N-methyl/N-ethyl adjacent to an activating group) is 1. The first-order chi connectivity index (χ1) is 14.5. The van der Waals surface area contributed by atoms with Gasteiger partial charge in [0.25, 0.3) is 0 Å². The van der Waals surface area contributed by atoms with E-state index in [1.54, 1.807) is 30.2 Å². The summed E-state index contributed by atoms with van der Waals surface area (Å²) >= 11 is 0. The third kappa shape index (κ3) is 3.56. The highest BCUT2D eigenvalue weighted by Gasteiger charge is 2.42. The molecule has 3 heterocycles. The van der Waals surface area contributed by atoms with Gasteiger partial charge in [-0.1, -0.05) is 18.2 Å². The van der Waals surface area contributed by atoms with Crippen LogP contribution in [0, 0.1) is 6.92 Å². The van der Waals surface area contributed by atoms with E-state index in [1.807, 2.05) is 31.2 Å². The second-order valence-corrected chi connectivity index (χ2v) is 7.48. The Morgan fingerprint density at radius 3 is 2.87 bits per heavy atom. The van der Waals surface area contributed by atoms with E-state index < -0.39 is 6.17 Å². The van der Waals surface area contributed by atoms with Crippen LogP contribution in [0.4, 0.5) is 16.3 Å². The number of aromatic nitrogens is 2. The molecule has 2 atom stereocenters. The molecule has 4 rings (SSSR count). The first-order valence-corrected chi connectivity index (χ1v) is 9.87. The topological polar surface area (TPSA) is 88.1 Å². The minimum atomic E-state index is -0.768. The maximum Gasteiger partial charge on any atom is 0.326 e. The fraction of sp³-hybridized carbons (Fsp3) is 0.429. The van der Waals surface area contributed by atoms with Crippen LogP contribution in [-0.4, -0.2) is 66.7 Å². The van der Waals surface area contributed by atoms with Gasteiger partial charge in [-0.2, -0.15) is 0 Å². The molecule has 9 nitrogen and oxygen atoms in total. The number of anilines is 2. The van der Waals surface area contributed by atoms with Crippen molar-refractivity contribution in [2.45, 2.75) is 32.2 Å². The number of aryl methyl sites for hydroxylation is 1. The minimum Gasteiger partial charge on any atom is -0.488 e. The highest BCUT2D eigenvalue weighted by molar-refractivity contribution is 6.02. The van der Waals surface area contributed by atoms with Gasteiger partial charge in [-0.05, 0) is 18.6 Å². The number of likely N-dealkylation sites (tertiary alicyclic amines) is 1. The Morgan fingerprint density at radius 1 is 1.33 bits per heavy atom. The summed E-state index contributed by atoms with van der Waals surface area (Å²) in [5.41, 5.74) is 1.57. The number of rotatable bonds is 5. The van der Waals surface area contributed by atoms with Gasteiger partial charge in [-0.3, -0.25) is 9.69 Å². The van der Waals surface area contributed by atoms with E-state index >= 15 is 0 Å². The summed E-state index contributed by atoms with van der Waals surface area (Å²) < 4.78 is 11.2. The number of amides is 2. The maximum atomic E-state index is 13.3. The van der Waals surface area contributed by atoms with Crippen molar-refractivity contribution in [2.24, 2.45) is 0 Å². The number of benzene rings is 1. The monoisotopic (exact) mass is 411 g/mol. The van der Waals surface area contributed by atoms with Crippen molar-refractivity contribution in [3.05, 3.63) is 41.9 Å². The molecule has 158 valence electrons. The van der Waals surface area contributed by atoms with Crippen molar-refractivity contribution < 1.29 is 19.1 Å². The Balaban J connectivity index is 1.52. The predicted molar refractivity (Wildman–Crippen MR) is 111 cm³/mol. The third-order valence-electron chi connectivity index (χ3n) is 5.46. The van der Waals surface area contributed by atoms with Crippen molar-refractivity contribution in [1.29, 1.82) is 0 Å². The van der Waals surface area contributed by atoms with E-state index in [9.17, 15) is 9.59 Å². The van der Waals surface area contributed by atoms with Gasteiger partial charge in [0.2, 0.25) is 0 Å². The smallest absolute Gasteiger partial charge is 0.326 e. The standard InChI is InChI=1S/C21H25N5O4/c1-14-6-4-5-7-17(14)30-15-8-9-25(11-15)21(28)26-16-10-22-18(13-29-3)23-20(16)24(2)19(26)12-27/h4-7,10,12,15,19H,8-9,11,13H2,1-3H3/t15-,19?/m0/s1. The van der Waals surface area contributed by atoms with E-state index in [-0.39, 0.29) is 18.7 Å². The van der Waals surface area contributed by atoms with Gasteiger partial charge < -0.3 is 19.3 Å². The highest BCUT2D eigenvalue weighted by Crippen LogP contribution is 2.37. The number of carbonyl (C=O) groups is 2. The van der Waals surface area contributed by atoms with Crippen molar-refractivity contribution in [3.63, 3.8) is 0 Å². The Bertz CT molecular complexity index is 953. The molecule has 1 aromatic heterocycles. The largest absolute Gasteiger partial charge is 0.488 e. The van der Waals surface area contributed by atoms with Crippen LogP contribution in [-0.2, 0) is 16.1 Å². The molecule has 0 aliphatic carbocycles. The molecule has 0 spiro atoms. The van der Waals surface area contributed by atoms with E-state index in [0.717, 1.165) is 24.0 Å². The van der Waals surface area contributed by atoms with E-state index in [4.69, 9.17) is 9.47 Å². The molecule has 30 heavy (non-hydrogen) atoms. The zero-order valence-electron chi connectivity index (χ0n) is 17.3. The molecule has 1 saturated heterocycles. The van der Waals surface area contributed by atoms with Crippen LogP contribution >= 0.6 is 0 Å². The molecule has 2 aliphatic rings. The molecular formula is C21H25N5O4. The number of urea groups is 1. The third-order valence-corrected chi connectivity index (χ3v) is 5.46. The zero-order valence-corrected chi connectivity index (χ0v) is 17.3. The second-order valence-electron chi connectivity index (χ2n) is 7.48. The summed E-state index contributed by atoms with van der Waals surface area (Å²) in [6.07, 6.45) is 2.19. The Kier molecular flexibility index (Phi) is 5.54. The summed E-state index contributed by atoms with van der Waals surface area (Å²) in [7, 11) is 3.30. The number of para-hydroxylation sites is 1. The van der Waals surface area contributed by atoms with Gasteiger partial charge in [-0.15, -0.1) is 0 Å². The molecule has 1 unspecified atom stereocenters. The van der Waals surface area contributed by atoms with Gasteiger partial charge in [0, 0.05) is 27.1 Å². The summed E-state index contributed by atoms with van der Waals surface area (Å²) in [6.45, 7) is 3.26. The minimum absolute atomic E-state index is 0.0927. The first kappa shape index (κ1) is 20.1. The summed E-state index contributed by atoms with van der Waals surface area (Å²) in [5.74, 6) is 1.86. The predicted octanol–water partition coefficient (Wildman–Crippen LogP) is 1.99. The average molecular weight is 411 g/mol. The molecule has 9 heteroatoms. The van der Waals surface area contributed by atoms with E-state index in [1.165, 1.54) is 4.90 Å². The first-order valence-electron chi connectivity index (χ1n) is 9.87. The second kappa shape index (κ2) is 8.27. The number of hydrogen-bond acceptors (Lipinski definition) is 7. The van der Waals surface area contributed by atoms with Gasteiger partial charge in [0.1, 0.15) is 24.1 Å². The molecule has 0 N–H and O–H groups in total. The maximum absolute atomic E-state index is 13.3. The Hall–Kier alpha value is -3.20. The number of aldehydes is 1. The number of carbonyl (C=O) groups excluding carboxylic acids is 2. The fourth-order valence-electron chi connectivity index (χ4n) is 3.86. The summed E-state index contributed by atoms with van der Waals surface area (Å²) in [4.78, 5) is 38.7. The van der Waals surface area contributed by atoms with E-state index in [0.29, 0.717) is 30.4 Å². The molecule has 1 aromatic carbocycles. The van der Waals surface area contributed by atoms with Gasteiger partial charge in [-0.25, -0.2) is 14.8 Å². The van der Waals surface area contributed by atoms with Crippen LogP contribution in [0.3, 0.4) is 0 Å². The SMILES string of the molecule is COCc1ncc2c(n1)N(C)C(C=O)N2C(=O)N1CC[C@H](Oc2ccccc2C)C1. The lowest BCUT2D eigenvalue weighted by Gasteiger charge is -2.28. The quantitative estimate of drug-likeness (QED) is 0.695. The number of fused-ring (bicyclic) bond motifs is 1. The fourth-order valence-corrected chi connectivity index (χ4v) is 3.86. The molecule has 0 bridgehead atoms. The van der Waals surface area contributed by atoms with Crippen molar-refractivity contribution in [1.82, 2.24) is 14.9 Å². The number of hydrogen-bond donors (Lipinski definition) is 0. The van der Waals surface area contributed by atoms with Crippen LogP contribution in [0.5, 0.6) is 5.75 Å². The van der Waals surface area contributed by atoms with Crippen LogP contribution < -0.4 is 14.5 Å². The molecule has 0 saturated carbocycles. The molecule has 1 fully saturated rings. The van der Waals surface area contributed by atoms with Crippen molar-refractivity contribution >= 4 is 23.8 Å². The molecular weight excluding hydrogens is 386 g/mol. The number of nitrogens with zero attached hydrogens (tertiary/aromatic N) is 5. The van der Waals surface area contributed by atoms with Crippen LogP contribution in [0.1, 0.15) is 17.8 Å². The van der Waals surface area contributed by atoms with Crippen molar-refractivity contribution in [3.8, 4) is 5.75 Å². The summed E-state index contributed by atoms with van der Waals surface area (Å²) in [5, 5.41) is 0. The lowest BCUT2D eigenvalue weighted by Crippen LogP contribution is -2.51. The number of methoxy groups -OCH3 is 1. The lowest BCUT2D eigenvalue weighted by molar-refractivity contribution is -0.108. The van der Waals surface area contributed by atoms with Crippen LogP contribution in [0.25, 0.3) is 0 Å². The molecule has 2 aliphatic heterocycles. The Morgan fingerprint density at radius 2 is 2.13 bits per heavy atom. The van der Waals surface area contributed by atoms with Gasteiger partial charge in [0.05, 0.1) is 12.7 Å². The van der Waals surface area contributed by atoms with Crippen LogP contribution in [0.2, 0.25) is 0 Å². The molecule has 0 radical (unpaired) electrons. The normalized spacial score (nSPS) is 20.4. The van der Waals surface area contributed by atoms with Crippen molar-refractivity contribution in [2.75, 3.05) is 37.0 Å². The molecule has 2 amide bonds. The zero-order chi connectivity index (χ0) is 21.3. The van der Waals surface area contributed by atoms with Gasteiger partial charge >= 0.3 is 6.03 Å². The Labute approximate surface area is 175 Å². The summed E-state index contributed by atoms with van der Waals surface area (Å²) in [6, 6.07) is 7.58. The number of ether oxygens (including phenoxy) is 2. The average Bonchev–Trinajstić information content (AvgIpc) is 3.32. The molecule has 2 aromatic rings. The lowest BCUT2D eigenvalue weighted by atomic mass is 10.2.